The third kappa shape index (κ3) is 5.92. The van der Waals surface area contributed by atoms with Gasteiger partial charge in [-0.15, -0.1) is 0 Å². The van der Waals surface area contributed by atoms with Crippen LogP contribution in [0.5, 0.6) is 11.5 Å². The minimum Gasteiger partial charge on any atom is -0.493 e. The van der Waals surface area contributed by atoms with Crippen molar-refractivity contribution in [1.82, 2.24) is 10.6 Å². The van der Waals surface area contributed by atoms with Crippen molar-refractivity contribution in [3.63, 3.8) is 0 Å². The summed E-state index contributed by atoms with van der Waals surface area (Å²) in [5, 5.41) is 6.82. The quantitative estimate of drug-likeness (QED) is 0.509. The lowest BCUT2D eigenvalue weighted by atomic mass is 10.1. The van der Waals surface area contributed by atoms with Crippen LogP contribution in [-0.2, 0) is 17.7 Å². The lowest BCUT2D eigenvalue weighted by molar-refractivity contribution is 0.186. The summed E-state index contributed by atoms with van der Waals surface area (Å²) in [4.78, 5) is 4.73. The third-order valence-corrected chi connectivity index (χ3v) is 4.69. The fourth-order valence-corrected chi connectivity index (χ4v) is 3.07. The Kier molecular flexibility index (Phi) is 7.61. The monoisotopic (exact) mass is 387 g/mol. The second kappa shape index (κ2) is 10.6. The summed E-state index contributed by atoms with van der Waals surface area (Å²) < 4.78 is 21.5. The van der Waals surface area contributed by atoms with Gasteiger partial charge in [-0.3, -0.25) is 0 Å². The van der Waals surface area contributed by atoms with Gasteiger partial charge in [-0.25, -0.2) is 4.99 Å². The lowest BCUT2D eigenvalue weighted by Crippen LogP contribution is -2.40. The van der Waals surface area contributed by atoms with Crippen LogP contribution in [0.3, 0.4) is 0 Å². The molecule has 0 amide bonds. The molecule has 1 aromatic carbocycles. The Morgan fingerprint density at radius 2 is 2.07 bits per heavy atom. The van der Waals surface area contributed by atoms with Crippen LogP contribution < -0.4 is 20.1 Å². The predicted molar refractivity (Wildman–Crippen MR) is 108 cm³/mol. The molecular formula is C21H29N3O4. The molecule has 1 aliphatic heterocycles. The van der Waals surface area contributed by atoms with Crippen molar-refractivity contribution in [1.29, 1.82) is 0 Å². The molecule has 0 spiro atoms. The Bertz CT molecular complexity index is 740. The van der Waals surface area contributed by atoms with Crippen molar-refractivity contribution >= 4 is 5.96 Å². The molecule has 28 heavy (non-hydrogen) atoms. The first-order valence-electron chi connectivity index (χ1n) is 9.61. The second-order valence-electron chi connectivity index (χ2n) is 6.72. The lowest BCUT2D eigenvalue weighted by Gasteiger charge is -2.15. The fourth-order valence-electron chi connectivity index (χ4n) is 3.07. The zero-order valence-electron chi connectivity index (χ0n) is 16.6. The second-order valence-corrected chi connectivity index (χ2v) is 6.72. The van der Waals surface area contributed by atoms with E-state index < -0.39 is 0 Å². The smallest absolute Gasteiger partial charge is 0.191 e. The summed E-state index contributed by atoms with van der Waals surface area (Å²) in [6.07, 6.45) is 3.58. The van der Waals surface area contributed by atoms with Gasteiger partial charge >= 0.3 is 0 Å². The van der Waals surface area contributed by atoms with Crippen LogP contribution in [0, 0.1) is 5.92 Å². The largest absolute Gasteiger partial charge is 0.493 e. The van der Waals surface area contributed by atoms with E-state index in [2.05, 4.69) is 10.6 Å². The van der Waals surface area contributed by atoms with Gasteiger partial charge in [0.05, 0.1) is 33.6 Å². The van der Waals surface area contributed by atoms with Crippen molar-refractivity contribution < 1.29 is 18.6 Å². The zero-order valence-corrected chi connectivity index (χ0v) is 16.6. The van der Waals surface area contributed by atoms with Gasteiger partial charge in [0.1, 0.15) is 5.76 Å². The van der Waals surface area contributed by atoms with Crippen LogP contribution in [0.15, 0.2) is 46.0 Å². The molecule has 1 unspecified atom stereocenters. The molecule has 1 aromatic heterocycles. The number of rotatable bonds is 9. The highest BCUT2D eigenvalue weighted by atomic mass is 16.5. The molecule has 152 valence electrons. The maximum Gasteiger partial charge on any atom is 0.191 e. The van der Waals surface area contributed by atoms with Crippen LogP contribution in [0.4, 0.5) is 0 Å². The van der Waals surface area contributed by atoms with Crippen molar-refractivity contribution in [3.05, 3.63) is 47.9 Å². The van der Waals surface area contributed by atoms with Crippen LogP contribution in [0.2, 0.25) is 0 Å². The van der Waals surface area contributed by atoms with Crippen LogP contribution in [0.1, 0.15) is 17.7 Å². The number of ether oxygens (including phenoxy) is 3. The summed E-state index contributed by atoms with van der Waals surface area (Å²) in [5.41, 5.74) is 1.05. The molecule has 3 rings (SSSR count). The van der Waals surface area contributed by atoms with Crippen molar-refractivity contribution in [3.8, 4) is 11.5 Å². The first-order valence-corrected chi connectivity index (χ1v) is 9.61. The molecule has 1 saturated heterocycles. The van der Waals surface area contributed by atoms with E-state index in [0.29, 0.717) is 24.0 Å². The van der Waals surface area contributed by atoms with Gasteiger partial charge in [0, 0.05) is 32.0 Å². The average molecular weight is 387 g/mol. The third-order valence-electron chi connectivity index (χ3n) is 4.69. The van der Waals surface area contributed by atoms with Crippen LogP contribution >= 0.6 is 0 Å². The molecule has 0 bridgehead atoms. The standard InChI is InChI=1S/C21H29N3O4/c1-25-19-6-5-16(12-20(19)26-2)13-23-21(24-14-17-8-11-27-15-17)22-9-7-18-4-3-10-28-18/h3-6,10,12,17H,7-9,11,13-15H2,1-2H3,(H2,22,23,24). The molecule has 0 radical (unpaired) electrons. The average Bonchev–Trinajstić information content (AvgIpc) is 3.43. The molecule has 7 heteroatoms. The van der Waals surface area contributed by atoms with E-state index in [-0.39, 0.29) is 0 Å². The minimum absolute atomic E-state index is 0.526. The van der Waals surface area contributed by atoms with Gasteiger partial charge in [-0.1, -0.05) is 6.07 Å². The highest BCUT2D eigenvalue weighted by Crippen LogP contribution is 2.27. The Morgan fingerprint density at radius 3 is 2.79 bits per heavy atom. The molecular weight excluding hydrogens is 358 g/mol. The maximum atomic E-state index is 5.46. The Hall–Kier alpha value is -2.67. The Balaban J connectivity index is 1.60. The normalized spacial score (nSPS) is 16.8. The highest BCUT2D eigenvalue weighted by molar-refractivity contribution is 5.79. The van der Waals surface area contributed by atoms with Crippen LogP contribution in [-0.4, -0.2) is 46.5 Å². The van der Waals surface area contributed by atoms with Gasteiger partial charge < -0.3 is 29.3 Å². The molecule has 0 aliphatic carbocycles. The van der Waals surface area contributed by atoms with Gasteiger partial charge in [0.25, 0.3) is 0 Å². The minimum atomic E-state index is 0.526. The zero-order chi connectivity index (χ0) is 19.6. The summed E-state index contributed by atoms with van der Waals surface area (Å²) in [7, 11) is 3.27. The summed E-state index contributed by atoms with van der Waals surface area (Å²) in [6, 6.07) is 9.73. The molecule has 0 saturated carbocycles. The number of hydrogen-bond acceptors (Lipinski definition) is 5. The summed E-state index contributed by atoms with van der Waals surface area (Å²) >= 11 is 0. The van der Waals surface area contributed by atoms with E-state index in [1.807, 2.05) is 30.3 Å². The van der Waals surface area contributed by atoms with E-state index >= 15 is 0 Å². The molecule has 1 fully saturated rings. The Labute approximate surface area is 166 Å². The number of nitrogens with zero attached hydrogens (tertiary/aromatic N) is 1. The van der Waals surface area contributed by atoms with Crippen molar-refractivity contribution in [2.24, 2.45) is 10.9 Å². The number of nitrogens with one attached hydrogen (secondary N) is 2. The first-order chi connectivity index (χ1) is 13.8. The number of aliphatic imine (C=N–C) groups is 1. The van der Waals surface area contributed by atoms with E-state index in [9.17, 15) is 0 Å². The van der Waals surface area contributed by atoms with Crippen molar-refractivity contribution in [2.75, 3.05) is 40.5 Å². The number of methoxy groups -OCH3 is 2. The molecule has 2 aromatic rings. The molecule has 2 N–H and O–H groups in total. The summed E-state index contributed by atoms with van der Waals surface area (Å²) in [6.45, 7) is 3.78. The molecule has 7 nitrogen and oxygen atoms in total. The SMILES string of the molecule is COc1ccc(CN=C(NCCc2ccco2)NCC2CCOC2)cc1OC. The van der Waals surface area contributed by atoms with E-state index in [1.165, 1.54) is 0 Å². The fraction of sp³-hybridized carbons (Fsp3) is 0.476. The molecule has 1 aliphatic rings. The number of guanidine groups is 1. The summed E-state index contributed by atoms with van der Waals surface area (Å²) in [5.74, 6) is 3.69. The molecule has 1 atom stereocenters. The maximum absolute atomic E-state index is 5.46. The topological polar surface area (TPSA) is 77.2 Å². The highest BCUT2D eigenvalue weighted by Gasteiger charge is 2.15. The number of furan rings is 1. The predicted octanol–water partition coefficient (Wildman–Crippen LogP) is 2.61. The number of benzene rings is 1. The van der Waals surface area contributed by atoms with Gasteiger partial charge in [-0.2, -0.15) is 0 Å². The molecule has 2 heterocycles. The van der Waals surface area contributed by atoms with Crippen molar-refractivity contribution in [2.45, 2.75) is 19.4 Å². The van der Waals surface area contributed by atoms with E-state index in [1.54, 1.807) is 20.5 Å². The van der Waals surface area contributed by atoms with E-state index in [0.717, 1.165) is 56.4 Å². The first kappa shape index (κ1) is 20.1. The van der Waals surface area contributed by atoms with Gasteiger partial charge in [0.2, 0.25) is 0 Å². The van der Waals surface area contributed by atoms with Crippen LogP contribution in [0.25, 0.3) is 0 Å². The van der Waals surface area contributed by atoms with Gasteiger partial charge in [-0.05, 0) is 36.2 Å². The van der Waals surface area contributed by atoms with Gasteiger partial charge in [0.15, 0.2) is 17.5 Å². The van der Waals surface area contributed by atoms with E-state index in [4.69, 9.17) is 23.6 Å². The number of hydrogen-bond donors (Lipinski definition) is 2. The Morgan fingerprint density at radius 1 is 1.18 bits per heavy atom.